The lowest BCUT2D eigenvalue weighted by molar-refractivity contribution is 0.0655. The van der Waals surface area contributed by atoms with Crippen molar-refractivity contribution in [3.05, 3.63) is 27.8 Å². The number of carboxylic acids is 1. The van der Waals surface area contributed by atoms with Crippen LogP contribution in [0.3, 0.4) is 0 Å². The van der Waals surface area contributed by atoms with Crippen LogP contribution in [0.2, 0.25) is 0 Å². The average Bonchev–Trinajstić information content (AvgIpc) is 2.24. The van der Waals surface area contributed by atoms with Crippen LogP contribution in [0.1, 0.15) is 16.3 Å². The Morgan fingerprint density at radius 3 is 2.75 bits per heavy atom. The van der Waals surface area contributed by atoms with Gasteiger partial charge in [-0.05, 0) is 0 Å². The molecule has 0 aliphatic rings. The highest BCUT2D eigenvalue weighted by molar-refractivity contribution is 5.84. The van der Waals surface area contributed by atoms with Crippen LogP contribution in [0.4, 0.5) is 0 Å². The van der Waals surface area contributed by atoms with Crippen LogP contribution in [-0.4, -0.2) is 34.4 Å². The largest absolute Gasteiger partial charge is 0.502 e. The van der Waals surface area contributed by atoms with Gasteiger partial charge in [-0.2, -0.15) is 0 Å². The van der Waals surface area contributed by atoms with Crippen molar-refractivity contribution in [2.24, 2.45) is 0 Å². The van der Waals surface area contributed by atoms with E-state index in [0.29, 0.717) is 6.07 Å². The van der Waals surface area contributed by atoms with E-state index >= 15 is 0 Å². The van der Waals surface area contributed by atoms with Gasteiger partial charge in [0.25, 0.3) is 0 Å². The third-order valence-electron chi connectivity index (χ3n) is 1.78. The topological polar surface area (TPSA) is 120 Å². The number of aliphatic hydroxyl groups is 1. The number of aromatic carboxylic acids is 1. The Bertz CT molecular complexity index is 438. The van der Waals surface area contributed by atoms with Crippen molar-refractivity contribution < 1.29 is 24.5 Å². The normalized spacial score (nSPS) is 10.3. The minimum atomic E-state index is -1.39. The highest BCUT2D eigenvalue weighted by Crippen LogP contribution is 2.13. The van der Waals surface area contributed by atoms with Crippen LogP contribution in [0, 0.1) is 0 Å². The molecule has 7 heteroatoms. The number of carboxylic acid groups (broad SMARTS) is 1. The number of nitrogens with one attached hydrogen (secondary N) is 1. The quantitative estimate of drug-likeness (QED) is 0.484. The Hall–Kier alpha value is -1.86. The average molecular weight is 229 g/mol. The fourth-order valence-electron chi connectivity index (χ4n) is 1.04. The first-order valence-corrected chi connectivity index (χ1v) is 4.47. The van der Waals surface area contributed by atoms with Crippen molar-refractivity contribution in [2.75, 3.05) is 13.2 Å². The summed E-state index contributed by atoms with van der Waals surface area (Å²) >= 11 is 0. The molecule has 0 aliphatic carbocycles. The molecular formula is C9H11NO6. The molecule has 88 valence electrons. The lowest BCUT2D eigenvalue weighted by Gasteiger charge is -2.05. The molecule has 7 nitrogen and oxygen atoms in total. The zero-order chi connectivity index (χ0) is 12.1. The number of aliphatic hydroxyl groups excluding tert-OH is 1. The standard InChI is InChI=1S/C9H11NO6/c11-2-1-10-4-7-8(13)5(12)3-6(16-7)9(14)15/h3,10-11,13H,1-2,4H2,(H,14,15). The van der Waals surface area contributed by atoms with Crippen molar-refractivity contribution in [2.45, 2.75) is 6.54 Å². The van der Waals surface area contributed by atoms with Crippen molar-refractivity contribution in [1.82, 2.24) is 5.32 Å². The molecule has 0 amide bonds. The summed E-state index contributed by atoms with van der Waals surface area (Å²) in [6, 6.07) is 0.702. The Morgan fingerprint density at radius 1 is 1.50 bits per heavy atom. The fraction of sp³-hybridized carbons (Fsp3) is 0.333. The molecule has 0 bridgehead atoms. The van der Waals surface area contributed by atoms with Crippen LogP contribution in [0.25, 0.3) is 0 Å². The van der Waals surface area contributed by atoms with Gasteiger partial charge in [0.1, 0.15) is 0 Å². The molecule has 0 aromatic carbocycles. The highest BCUT2D eigenvalue weighted by atomic mass is 16.4. The molecule has 0 saturated carbocycles. The molecule has 4 N–H and O–H groups in total. The third-order valence-corrected chi connectivity index (χ3v) is 1.78. The van der Waals surface area contributed by atoms with E-state index in [9.17, 15) is 14.7 Å². The maximum Gasteiger partial charge on any atom is 0.371 e. The van der Waals surface area contributed by atoms with E-state index in [1.807, 2.05) is 0 Å². The van der Waals surface area contributed by atoms with Gasteiger partial charge in [0, 0.05) is 12.6 Å². The first-order chi connectivity index (χ1) is 7.56. The Kier molecular flexibility index (Phi) is 4.03. The molecule has 1 rings (SSSR count). The van der Waals surface area contributed by atoms with Crippen LogP contribution < -0.4 is 10.7 Å². The Labute approximate surface area is 90.0 Å². The van der Waals surface area contributed by atoms with Crippen LogP contribution in [0.15, 0.2) is 15.3 Å². The zero-order valence-electron chi connectivity index (χ0n) is 8.27. The van der Waals surface area contributed by atoms with Crippen molar-refractivity contribution in [3.8, 4) is 5.75 Å². The summed E-state index contributed by atoms with van der Waals surface area (Å²) in [6.07, 6.45) is 0. The number of aromatic hydroxyl groups is 1. The lowest BCUT2D eigenvalue weighted by Crippen LogP contribution is -2.19. The second-order valence-electron chi connectivity index (χ2n) is 2.95. The highest BCUT2D eigenvalue weighted by Gasteiger charge is 2.14. The predicted octanol–water partition coefficient (Wildman–Crippen LogP) is -0.875. The molecular weight excluding hydrogens is 218 g/mol. The van der Waals surface area contributed by atoms with Gasteiger partial charge in [0.2, 0.25) is 16.9 Å². The van der Waals surface area contributed by atoms with Crippen LogP contribution >= 0.6 is 0 Å². The summed E-state index contributed by atoms with van der Waals surface area (Å²) in [5, 5.41) is 29.1. The summed E-state index contributed by atoms with van der Waals surface area (Å²) in [7, 11) is 0. The molecule has 1 aromatic rings. The Balaban J connectivity index is 2.98. The fourth-order valence-corrected chi connectivity index (χ4v) is 1.04. The van der Waals surface area contributed by atoms with Gasteiger partial charge in [-0.3, -0.25) is 4.79 Å². The maximum absolute atomic E-state index is 11.1. The van der Waals surface area contributed by atoms with Gasteiger partial charge in [0.15, 0.2) is 5.76 Å². The number of carbonyl (C=O) groups is 1. The van der Waals surface area contributed by atoms with Crippen LogP contribution in [-0.2, 0) is 6.54 Å². The summed E-state index contributed by atoms with van der Waals surface area (Å²) in [5.41, 5.74) is -0.815. The summed E-state index contributed by atoms with van der Waals surface area (Å²) in [4.78, 5) is 21.7. The SMILES string of the molecule is O=C(O)c1cc(=O)c(O)c(CNCCO)o1. The minimum Gasteiger partial charge on any atom is -0.502 e. The monoisotopic (exact) mass is 229 g/mol. The molecule has 0 unspecified atom stereocenters. The van der Waals surface area contributed by atoms with Crippen molar-refractivity contribution >= 4 is 5.97 Å². The van der Waals surface area contributed by atoms with E-state index in [4.69, 9.17) is 14.6 Å². The van der Waals surface area contributed by atoms with Crippen LogP contribution in [0.5, 0.6) is 5.75 Å². The van der Waals surface area contributed by atoms with Gasteiger partial charge >= 0.3 is 5.97 Å². The zero-order valence-corrected chi connectivity index (χ0v) is 8.27. The van der Waals surface area contributed by atoms with Gasteiger partial charge < -0.3 is 25.1 Å². The Morgan fingerprint density at radius 2 is 2.19 bits per heavy atom. The molecule has 1 heterocycles. The first-order valence-electron chi connectivity index (χ1n) is 4.47. The molecule has 0 saturated heterocycles. The summed E-state index contributed by atoms with van der Waals surface area (Å²) < 4.78 is 4.80. The number of hydrogen-bond donors (Lipinski definition) is 4. The summed E-state index contributed by atoms with van der Waals surface area (Å²) in [6.45, 7) is 0.0762. The van der Waals surface area contributed by atoms with E-state index < -0.39 is 22.9 Å². The van der Waals surface area contributed by atoms with Gasteiger partial charge in [-0.15, -0.1) is 0 Å². The van der Waals surface area contributed by atoms with E-state index in [2.05, 4.69) is 5.32 Å². The van der Waals surface area contributed by atoms with Gasteiger partial charge in [-0.1, -0.05) is 0 Å². The number of hydrogen-bond acceptors (Lipinski definition) is 6. The van der Waals surface area contributed by atoms with E-state index in [-0.39, 0.29) is 25.5 Å². The van der Waals surface area contributed by atoms with Gasteiger partial charge in [-0.25, -0.2) is 4.79 Å². The molecule has 0 atom stereocenters. The van der Waals surface area contributed by atoms with E-state index in [0.717, 1.165) is 0 Å². The number of rotatable bonds is 5. The molecule has 1 aromatic heterocycles. The first kappa shape index (κ1) is 12.2. The molecule has 0 aliphatic heterocycles. The van der Waals surface area contributed by atoms with Crippen molar-refractivity contribution in [3.63, 3.8) is 0 Å². The molecule has 16 heavy (non-hydrogen) atoms. The summed E-state index contributed by atoms with van der Waals surface area (Å²) in [5.74, 6) is -2.72. The second-order valence-corrected chi connectivity index (χ2v) is 2.95. The maximum atomic E-state index is 11.1. The molecule has 0 radical (unpaired) electrons. The smallest absolute Gasteiger partial charge is 0.371 e. The van der Waals surface area contributed by atoms with E-state index in [1.54, 1.807) is 0 Å². The minimum absolute atomic E-state index is 0.0389. The third kappa shape index (κ3) is 2.81. The second kappa shape index (κ2) is 5.29. The van der Waals surface area contributed by atoms with E-state index in [1.165, 1.54) is 0 Å². The molecule has 0 spiro atoms. The lowest BCUT2D eigenvalue weighted by atomic mass is 10.3. The predicted molar refractivity (Wildman–Crippen MR) is 52.4 cm³/mol. The van der Waals surface area contributed by atoms with Crippen molar-refractivity contribution in [1.29, 1.82) is 0 Å². The molecule has 0 fully saturated rings. The van der Waals surface area contributed by atoms with Gasteiger partial charge in [0.05, 0.1) is 13.2 Å².